The van der Waals surface area contributed by atoms with Crippen LogP contribution < -0.4 is 10.6 Å². The first kappa shape index (κ1) is 22.4. The molecule has 0 aliphatic heterocycles. The fourth-order valence-corrected chi connectivity index (χ4v) is 3.27. The summed E-state index contributed by atoms with van der Waals surface area (Å²) in [5.41, 5.74) is 1.15. The summed E-state index contributed by atoms with van der Waals surface area (Å²) in [6.07, 6.45) is 4.23. The molecule has 0 bridgehead atoms. The molecule has 2 N–H and O–H groups in total. The molecule has 0 saturated carbocycles. The van der Waals surface area contributed by atoms with E-state index in [-0.39, 0.29) is 12.3 Å². The van der Waals surface area contributed by atoms with Gasteiger partial charge in [0.15, 0.2) is 15.8 Å². The highest BCUT2D eigenvalue weighted by atomic mass is 32.2. The molecule has 0 heterocycles. The number of unbranched alkanes of at least 4 members (excludes halogenated alkanes) is 2. The topological polar surface area (TPSA) is 79.8 Å². The Morgan fingerprint density at radius 1 is 1.19 bits per heavy atom. The van der Waals surface area contributed by atoms with Gasteiger partial charge in [0.2, 0.25) is 0 Å². The van der Waals surface area contributed by atoms with Gasteiger partial charge in [-0.3, -0.25) is 0 Å². The minimum absolute atomic E-state index is 0.123. The van der Waals surface area contributed by atoms with Gasteiger partial charge in [-0.1, -0.05) is 6.07 Å². The first-order chi connectivity index (χ1) is 12.4. The molecule has 1 rings (SSSR count). The van der Waals surface area contributed by atoms with Crippen molar-refractivity contribution in [1.82, 2.24) is 10.6 Å². The van der Waals surface area contributed by atoms with Gasteiger partial charge < -0.3 is 15.4 Å². The van der Waals surface area contributed by atoms with Crippen LogP contribution in [0.2, 0.25) is 0 Å². The van der Waals surface area contributed by atoms with Crippen LogP contribution in [0.15, 0.2) is 23.2 Å². The number of benzene rings is 1. The van der Waals surface area contributed by atoms with Crippen molar-refractivity contribution in [2.75, 3.05) is 33.1 Å². The number of halogens is 1. The Morgan fingerprint density at radius 3 is 2.62 bits per heavy atom. The number of hydrogen-bond acceptors (Lipinski definition) is 4. The second-order valence-electron chi connectivity index (χ2n) is 6.16. The summed E-state index contributed by atoms with van der Waals surface area (Å²) >= 11 is 0. The molecule has 8 heteroatoms. The quantitative estimate of drug-likeness (QED) is 0.346. The lowest BCUT2D eigenvalue weighted by molar-refractivity contribution is 0.192. The molecule has 0 amide bonds. The smallest absolute Gasteiger partial charge is 0.191 e. The first-order valence-corrected chi connectivity index (χ1v) is 10.9. The minimum Gasteiger partial charge on any atom is -0.385 e. The summed E-state index contributed by atoms with van der Waals surface area (Å²) in [7, 11) is -1.51. The van der Waals surface area contributed by atoms with Crippen LogP contribution in [0.5, 0.6) is 0 Å². The van der Waals surface area contributed by atoms with Gasteiger partial charge in [-0.05, 0) is 49.4 Å². The number of aliphatic imine (C=N–C) groups is 1. The van der Waals surface area contributed by atoms with E-state index in [2.05, 4.69) is 15.6 Å². The monoisotopic (exact) mass is 387 g/mol. The van der Waals surface area contributed by atoms with Crippen molar-refractivity contribution >= 4 is 15.8 Å². The van der Waals surface area contributed by atoms with Gasteiger partial charge in [0.25, 0.3) is 0 Å². The van der Waals surface area contributed by atoms with Crippen molar-refractivity contribution in [3.63, 3.8) is 0 Å². The highest BCUT2D eigenvalue weighted by Gasteiger charge is 2.10. The maximum Gasteiger partial charge on any atom is 0.191 e. The molecule has 0 fully saturated rings. The Hall–Kier alpha value is -1.67. The number of rotatable bonds is 11. The standard InChI is InChI=1S/C18H30FN3O3S/c1-4-20-18(21-10-6-5-7-11-25-2)22-13-16-12-17(19)9-8-15(16)14-26(3,23)24/h8-9,12H,4-7,10-11,13-14H2,1-3H3,(H2,20,21,22). The third kappa shape index (κ3) is 9.72. The third-order valence-corrected chi connectivity index (χ3v) is 4.49. The number of nitrogens with zero attached hydrogens (tertiary/aromatic N) is 1. The van der Waals surface area contributed by atoms with E-state index in [9.17, 15) is 12.8 Å². The number of methoxy groups -OCH3 is 1. The van der Waals surface area contributed by atoms with E-state index in [1.54, 1.807) is 7.11 Å². The third-order valence-electron chi connectivity index (χ3n) is 3.66. The average molecular weight is 388 g/mol. The molecule has 26 heavy (non-hydrogen) atoms. The van der Waals surface area contributed by atoms with E-state index in [4.69, 9.17) is 4.74 Å². The number of sulfone groups is 1. The minimum atomic E-state index is -3.20. The number of ether oxygens (including phenoxy) is 1. The van der Waals surface area contributed by atoms with E-state index >= 15 is 0 Å². The molecular formula is C18H30FN3O3S. The molecule has 0 radical (unpaired) electrons. The molecule has 6 nitrogen and oxygen atoms in total. The van der Waals surface area contributed by atoms with Crippen molar-refractivity contribution in [3.05, 3.63) is 35.1 Å². The molecule has 1 aromatic carbocycles. The number of guanidine groups is 1. The zero-order chi connectivity index (χ0) is 19.4. The molecular weight excluding hydrogens is 357 g/mol. The van der Waals surface area contributed by atoms with Crippen LogP contribution >= 0.6 is 0 Å². The second-order valence-corrected chi connectivity index (χ2v) is 8.30. The zero-order valence-corrected chi connectivity index (χ0v) is 16.7. The van der Waals surface area contributed by atoms with E-state index in [0.717, 1.165) is 32.4 Å². The predicted molar refractivity (Wildman–Crippen MR) is 103 cm³/mol. The van der Waals surface area contributed by atoms with E-state index in [0.29, 0.717) is 23.6 Å². The summed E-state index contributed by atoms with van der Waals surface area (Å²) in [5.74, 6) is 0.110. The van der Waals surface area contributed by atoms with Gasteiger partial charge >= 0.3 is 0 Å². The Kier molecular flexibility index (Phi) is 10.2. The maximum atomic E-state index is 13.6. The largest absolute Gasteiger partial charge is 0.385 e. The van der Waals surface area contributed by atoms with Gasteiger partial charge in [0, 0.05) is 33.1 Å². The van der Waals surface area contributed by atoms with E-state index in [1.165, 1.54) is 24.5 Å². The zero-order valence-electron chi connectivity index (χ0n) is 15.8. The van der Waals surface area contributed by atoms with Gasteiger partial charge in [-0.2, -0.15) is 0 Å². The first-order valence-electron chi connectivity index (χ1n) is 8.82. The molecule has 0 aliphatic carbocycles. The lowest BCUT2D eigenvalue weighted by atomic mass is 10.1. The van der Waals surface area contributed by atoms with Crippen molar-refractivity contribution in [2.45, 2.75) is 38.5 Å². The lowest BCUT2D eigenvalue weighted by Crippen LogP contribution is -2.37. The average Bonchev–Trinajstić information content (AvgIpc) is 2.56. The highest BCUT2D eigenvalue weighted by Crippen LogP contribution is 2.15. The van der Waals surface area contributed by atoms with E-state index in [1.807, 2.05) is 6.92 Å². The van der Waals surface area contributed by atoms with Crippen LogP contribution in [0.1, 0.15) is 37.3 Å². The number of hydrogen-bond donors (Lipinski definition) is 2. The van der Waals surface area contributed by atoms with Crippen LogP contribution in [0.3, 0.4) is 0 Å². The van der Waals surface area contributed by atoms with Crippen LogP contribution in [0, 0.1) is 5.82 Å². The Bertz CT molecular complexity index is 678. The molecule has 1 aromatic rings. The van der Waals surface area contributed by atoms with Crippen molar-refractivity contribution in [2.24, 2.45) is 4.99 Å². The Labute approximate surface area is 156 Å². The summed E-state index contributed by atoms with van der Waals surface area (Å²) < 4.78 is 41.7. The molecule has 0 spiro atoms. The summed E-state index contributed by atoms with van der Waals surface area (Å²) in [4.78, 5) is 4.46. The Morgan fingerprint density at radius 2 is 1.96 bits per heavy atom. The molecule has 148 valence electrons. The SMILES string of the molecule is CCNC(=NCc1cc(F)ccc1CS(C)(=O)=O)NCCCCCOC. The van der Waals surface area contributed by atoms with Gasteiger partial charge in [0.05, 0.1) is 12.3 Å². The number of nitrogens with one attached hydrogen (secondary N) is 2. The molecule has 0 aliphatic rings. The fraction of sp³-hybridized carbons (Fsp3) is 0.611. The van der Waals surface area contributed by atoms with Gasteiger partial charge in [-0.25, -0.2) is 17.8 Å². The van der Waals surface area contributed by atoms with Crippen LogP contribution in [-0.4, -0.2) is 47.4 Å². The molecule has 0 unspecified atom stereocenters. The molecule has 0 saturated heterocycles. The highest BCUT2D eigenvalue weighted by molar-refractivity contribution is 7.89. The van der Waals surface area contributed by atoms with Crippen molar-refractivity contribution < 1.29 is 17.5 Å². The molecule has 0 atom stereocenters. The Balaban J connectivity index is 2.71. The van der Waals surface area contributed by atoms with Crippen LogP contribution in [0.25, 0.3) is 0 Å². The van der Waals surface area contributed by atoms with Crippen molar-refractivity contribution in [1.29, 1.82) is 0 Å². The maximum absolute atomic E-state index is 13.6. The molecule has 0 aromatic heterocycles. The fourth-order valence-electron chi connectivity index (χ4n) is 2.43. The van der Waals surface area contributed by atoms with Crippen LogP contribution in [0.4, 0.5) is 4.39 Å². The van der Waals surface area contributed by atoms with Gasteiger partial charge in [0.1, 0.15) is 5.82 Å². The van der Waals surface area contributed by atoms with E-state index < -0.39 is 15.7 Å². The lowest BCUT2D eigenvalue weighted by Gasteiger charge is -2.12. The van der Waals surface area contributed by atoms with Gasteiger partial charge in [-0.15, -0.1) is 0 Å². The van der Waals surface area contributed by atoms with Crippen LogP contribution in [-0.2, 0) is 26.9 Å². The predicted octanol–water partition coefficient (Wildman–Crippen LogP) is 2.24. The summed E-state index contributed by atoms with van der Waals surface area (Å²) in [5, 5.41) is 6.38. The summed E-state index contributed by atoms with van der Waals surface area (Å²) in [6.45, 7) is 4.41. The van der Waals surface area contributed by atoms with Crippen molar-refractivity contribution in [3.8, 4) is 0 Å². The second kappa shape index (κ2) is 11.9. The normalized spacial score (nSPS) is 12.2. The summed E-state index contributed by atoms with van der Waals surface area (Å²) in [6, 6.07) is 4.13.